The summed E-state index contributed by atoms with van der Waals surface area (Å²) in [5, 5.41) is 10.2. The third-order valence-corrected chi connectivity index (χ3v) is 4.00. The summed E-state index contributed by atoms with van der Waals surface area (Å²) >= 11 is 0. The fourth-order valence-electron chi connectivity index (χ4n) is 2.95. The van der Waals surface area contributed by atoms with Crippen LogP contribution in [0, 0.1) is 11.3 Å². The first-order valence-corrected chi connectivity index (χ1v) is 7.01. The zero-order chi connectivity index (χ0) is 14.0. The normalized spacial score (nSPS) is 20.0. The number of methoxy groups -OCH3 is 1. The van der Waals surface area contributed by atoms with Crippen molar-refractivity contribution < 1.29 is 9.84 Å². The summed E-state index contributed by atoms with van der Waals surface area (Å²) < 4.78 is 5.28. The number of allylic oxidation sites excluding steroid dienone is 2. The fraction of sp³-hybridized carbons (Fsp3) is 0.529. The topological polar surface area (TPSA) is 29.5 Å². The van der Waals surface area contributed by atoms with Gasteiger partial charge >= 0.3 is 0 Å². The van der Waals surface area contributed by atoms with Crippen LogP contribution in [0.4, 0.5) is 0 Å². The molecule has 1 aromatic carbocycles. The molecule has 0 heterocycles. The third-order valence-electron chi connectivity index (χ3n) is 4.00. The minimum absolute atomic E-state index is 0.210. The third kappa shape index (κ3) is 2.94. The Hall–Kier alpha value is -1.44. The molecule has 2 heteroatoms. The van der Waals surface area contributed by atoms with Gasteiger partial charge in [-0.15, -0.1) is 0 Å². The first-order valence-electron chi connectivity index (χ1n) is 7.01. The van der Waals surface area contributed by atoms with Crippen molar-refractivity contribution in [1.82, 2.24) is 0 Å². The smallest absolute Gasteiger partial charge is 0.123 e. The molecule has 0 radical (unpaired) electrons. The molecule has 1 aliphatic rings. The van der Waals surface area contributed by atoms with Crippen LogP contribution in [0.15, 0.2) is 24.3 Å². The van der Waals surface area contributed by atoms with Gasteiger partial charge in [-0.25, -0.2) is 0 Å². The molecule has 2 rings (SSSR count). The van der Waals surface area contributed by atoms with Crippen LogP contribution in [0.3, 0.4) is 0 Å². The Morgan fingerprint density at radius 3 is 2.63 bits per heavy atom. The van der Waals surface area contributed by atoms with E-state index in [0.717, 1.165) is 17.7 Å². The van der Waals surface area contributed by atoms with E-state index in [1.165, 1.54) is 18.4 Å². The lowest BCUT2D eigenvalue weighted by molar-refractivity contribution is 0.277. The molecular weight excluding hydrogens is 236 g/mol. The van der Waals surface area contributed by atoms with Crippen LogP contribution in [-0.2, 0) is 0 Å². The van der Waals surface area contributed by atoms with E-state index in [4.69, 9.17) is 4.74 Å². The fourth-order valence-corrected chi connectivity index (χ4v) is 2.95. The highest BCUT2D eigenvalue weighted by Crippen LogP contribution is 2.46. The predicted octanol–water partition coefficient (Wildman–Crippen LogP) is 4.63. The van der Waals surface area contributed by atoms with Crippen LogP contribution in [0.2, 0.25) is 0 Å². The second kappa shape index (κ2) is 5.28. The molecule has 0 fully saturated rings. The van der Waals surface area contributed by atoms with Gasteiger partial charge in [0.1, 0.15) is 11.5 Å². The molecule has 0 bridgehead atoms. The molecule has 104 valence electrons. The van der Waals surface area contributed by atoms with Crippen molar-refractivity contribution in [2.24, 2.45) is 11.3 Å². The maximum atomic E-state index is 10.2. The largest absolute Gasteiger partial charge is 0.507 e. The molecule has 0 spiro atoms. The van der Waals surface area contributed by atoms with Crippen LogP contribution < -0.4 is 4.74 Å². The van der Waals surface area contributed by atoms with Crippen molar-refractivity contribution in [2.45, 2.75) is 40.0 Å². The summed E-state index contributed by atoms with van der Waals surface area (Å²) in [5.41, 5.74) is 2.41. The summed E-state index contributed by atoms with van der Waals surface area (Å²) in [5.74, 6) is 1.63. The van der Waals surface area contributed by atoms with Crippen molar-refractivity contribution in [3.8, 4) is 11.5 Å². The first kappa shape index (κ1) is 14.0. The van der Waals surface area contributed by atoms with E-state index in [1.54, 1.807) is 19.2 Å². The Bertz CT molecular complexity index is 481. The van der Waals surface area contributed by atoms with Crippen molar-refractivity contribution in [3.63, 3.8) is 0 Å². The van der Waals surface area contributed by atoms with E-state index in [1.807, 2.05) is 6.07 Å². The minimum atomic E-state index is 0.210. The maximum absolute atomic E-state index is 10.2. The molecule has 1 atom stereocenters. The van der Waals surface area contributed by atoms with Crippen LogP contribution in [0.25, 0.3) is 5.57 Å². The molecule has 19 heavy (non-hydrogen) atoms. The molecule has 2 nitrogen and oxygen atoms in total. The van der Waals surface area contributed by atoms with Crippen molar-refractivity contribution >= 4 is 5.57 Å². The average molecular weight is 260 g/mol. The van der Waals surface area contributed by atoms with Gasteiger partial charge < -0.3 is 9.84 Å². The summed E-state index contributed by atoms with van der Waals surface area (Å²) in [6, 6.07) is 5.48. The van der Waals surface area contributed by atoms with E-state index in [0.29, 0.717) is 11.7 Å². The summed E-state index contributed by atoms with van der Waals surface area (Å²) in [4.78, 5) is 0. The number of rotatable bonds is 2. The second-order valence-electron chi connectivity index (χ2n) is 6.39. The van der Waals surface area contributed by atoms with Gasteiger partial charge in [0.15, 0.2) is 0 Å². The van der Waals surface area contributed by atoms with Crippen molar-refractivity contribution in [2.75, 3.05) is 7.11 Å². The highest BCUT2D eigenvalue weighted by molar-refractivity contribution is 5.74. The van der Waals surface area contributed by atoms with Gasteiger partial charge in [-0.3, -0.25) is 0 Å². The molecule has 1 N–H and O–H groups in total. The molecule has 0 saturated heterocycles. The minimum Gasteiger partial charge on any atom is -0.507 e. The zero-order valence-electron chi connectivity index (χ0n) is 12.4. The number of phenols is 1. The highest BCUT2D eigenvalue weighted by Gasteiger charge is 2.31. The van der Waals surface area contributed by atoms with Gasteiger partial charge in [0.05, 0.1) is 7.11 Å². The molecule has 1 aliphatic carbocycles. The summed E-state index contributed by atoms with van der Waals surface area (Å²) in [7, 11) is 1.66. The molecule has 0 amide bonds. The van der Waals surface area contributed by atoms with E-state index >= 15 is 0 Å². The van der Waals surface area contributed by atoms with Gasteiger partial charge in [0.2, 0.25) is 0 Å². The number of hydrogen-bond donors (Lipinski definition) is 1. The second-order valence-corrected chi connectivity index (χ2v) is 6.39. The molecule has 1 unspecified atom stereocenters. The number of hydrogen-bond acceptors (Lipinski definition) is 2. The highest BCUT2D eigenvalue weighted by atomic mass is 16.5. The number of phenolic OH excluding ortho intramolecular Hbond substituents is 1. The molecular formula is C17H24O2. The number of benzene rings is 1. The van der Waals surface area contributed by atoms with E-state index in [-0.39, 0.29) is 5.41 Å². The molecule has 1 aromatic rings. The average Bonchev–Trinajstić information content (AvgIpc) is 2.38. The Balaban J connectivity index is 2.46. The lowest BCUT2D eigenvalue weighted by Gasteiger charge is -2.36. The van der Waals surface area contributed by atoms with Gasteiger partial charge in [-0.1, -0.05) is 26.8 Å². The van der Waals surface area contributed by atoms with Crippen LogP contribution in [0.5, 0.6) is 11.5 Å². The first-order chi connectivity index (χ1) is 8.93. The van der Waals surface area contributed by atoms with E-state index < -0.39 is 0 Å². The Morgan fingerprint density at radius 1 is 1.26 bits per heavy atom. The Labute approximate surface area is 116 Å². The van der Waals surface area contributed by atoms with E-state index in [9.17, 15) is 5.11 Å². The quantitative estimate of drug-likeness (QED) is 0.840. The van der Waals surface area contributed by atoms with Gasteiger partial charge in [0.25, 0.3) is 0 Å². The summed E-state index contributed by atoms with van der Waals surface area (Å²) in [6.45, 7) is 6.82. The number of ether oxygens (including phenoxy) is 1. The lowest BCUT2D eigenvalue weighted by Crippen LogP contribution is -2.23. The van der Waals surface area contributed by atoms with Gasteiger partial charge in [-0.2, -0.15) is 0 Å². The monoisotopic (exact) mass is 260 g/mol. The van der Waals surface area contributed by atoms with Gasteiger partial charge in [-0.05, 0) is 54.4 Å². The molecule has 0 aromatic heterocycles. The standard InChI is InChI=1S/C17H24O2/c1-17(2,3)15-8-6-5-7-13(15)14-11-12(19-4)9-10-16(14)18/h7,9-11,15,18H,5-6,8H2,1-4H3. The Kier molecular flexibility index (Phi) is 3.88. The molecule has 0 saturated carbocycles. The van der Waals surface area contributed by atoms with Gasteiger partial charge in [0, 0.05) is 5.56 Å². The predicted molar refractivity (Wildman–Crippen MR) is 79.4 cm³/mol. The van der Waals surface area contributed by atoms with Crippen molar-refractivity contribution in [3.05, 3.63) is 29.8 Å². The lowest BCUT2D eigenvalue weighted by atomic mass is 9.69. The van der Waals surface area contributed by atoms with Crippen LogP contribution in [0.1, 0.15) is 45.6 Å². The van der Waals surface area contributed by atoms with Crippen LogP contribution >= 0.6 is 0 Å². The van der Waals surface area contributed by atoms with Crippen molar-refractivity contribution in [1.29, 1.82) is 0 Å². The van der Waals surface area contributed by atoms with E-state index in [2.05, 4.69) is 26.8 Å². The number of aromatic hydroxyl groups is 1. The SMILES string of the molecule is COc1ccc(O)c(C2=CCCCC2C(C)(C)C)c1. The Morgan fingerprint density at radius 2 is 2.00 bits per heavy atom. The summed E-state index contributed by atoms with van der Waals surface area (Å²) in [6.07, 6.45) is 5.80. The maximum Gasteiger partial charge on any atom is 0.123 e. The zero-order valence-corrected chi connectivity index (χ0v) is 12.4. The molecule has 0 aliphatic heterocycles. The van der Waals surface area contributed by atoms with Crippen LogP contribution in [-0.4, -0.2) is 12.2 Å².